The predicted octanol–water partition coefficient (Wildman–Crippen LogP) is 3.95. The first kappa shape index (κ1) is 30.5. The summed E-state index contributed by atoms with van der Waals surface area (Å²) in [5.74, 6) is -5.12. The molecule has 206 valence electrons. The number of nitrogens with two attached hydrogens (primary N) is 1. The van der Waals surface area contributed by atoms with E-state index in [1.165, 1.54) is 50.3 Å². The van der Waals surface area contributed by atoms with Crippen molar-refractivity contribution in [3.8, 4) is 5.75 Å². The number of nitrogens with one attached hydrogen (secondary N) is 1. The number of rotatable bonds is 13. The fourth-order valence-corrected chi connectivity index (χ4v) is 4.42. The van der Waals surface area contributed by atoms with Gasteiger partial charge in [0, 0.05) is 17.7 Å². The molecule has 0 saturated heterocycles. The summed E-state index contributed by atoms with van der Waals surface area (Å²) < 4.78 is 5.34. The zero-order chi connectivity index (χ0) is 29.3. The van der Waals surface area contributed by atoms with Crippen LogP contribution in [-0.4, -0.2) is 56.8 Å². The van der Waals surface area contributed by atoms with Gasteiger partial charge in [-0.15, -0.1) is 6.58 Å². The number of amides is 1. The van der Waals surface area contributed by atoms with E-state index in [4.69, 9.17) is 15.9 Å². The molecule has 0 aromatic heterocycles. The number of carbonyl (C=O) groups is 4. The molecule has 0 aliphatic rings. The van der Waals surface area contributed by atoms with E-state index in [0.29, 0.717) is 11.1 Å². The smallest absolute Gasteiger partial charge is 0.343 e. The number of hydrogen-bond donors (Lipinski definition) is 4. The summed E-state index contributed by atoms with van der Waals surface area (Å²) in [7, 11) is 0. The van der Waals surface area contributed by atoms with Gasteiger partial charge in [0.25, 0.3) is 5.91 Å². The van der Waals surface area contributed by atoms with Crippen molar-refractivity contribution in [3.63, 3.8) is 0 Å². The van der Waals surface area contributed by atoms with Crippen molar-refractivity contribution >= 4 is 35.7 Å². The van der Waals surface area contributed by atoms with Gasteiger partial charge in [0.1, 0.15) is 11.6 Å². The molecular formula is C29H33N3O7. The van der Waals surface area contributed by atoms with Gasteiger partial charge in [-0.1, -0.05) is 32.1 Å². The number of benzene rings is 2. The van der Waals surface area contributed by atoms with Crippen molar-refractivity contribution in [1.82, 2.24) is 4.90 Å². The minimum Gasteiger partial charge on any atom is -0.481 e. The first-order valence-electron chi connectivity index (χ1n) is 12.3. The second kappa shape index (κ2) is 13.2. The van der Waals surface area contributed by atoms with E-state index in [1.54, 1.807) is 31.2 Å². The fraction of sp³-hybridized carbons (Fsp3) is 0.276. The number of hydrogen-bond acceptors (Lipinski definition) is 6. The van der Waals surface area contributed by atoms with Gasteiger partial charge in [0.2, 0.25) is 0 Å². The third kappa shape index (κ3) is 6.78. The van der Waals surface area contributed by atoms with Gasteiger partial charge in [-0.25, -0.2) is 9.59 Å². The highest BCUT2D eigenvalue weighted by Crippen LogP contribution is 2.34. The van der Waals surface area contributed by atoms with E-state index in [9.17, 15) is 29.4 Å². The maximum Gasteiger partial charge on any atom is 0.343 e. The number of ether oxygens (including phenoxy) is 1. The van der Waals surface area contributed by atoms with Crippen LogP contribution < -0.4 is 10.5 Å². The molecule has 39 heavy (non-hydrogen) atoms. The maximum atomic E-state index is 13.5. The Morgan fingerprint density at radius 2 is 1.62 bits per heavy atom. The number of esters is 1. The quantitative estimate of drug-likeness (QED) is 0.0745. The molecule has 2 aromatic carbocycles. The van der Waals surface area contributed by atoms with Crippen LogP contribution in [0.4, 0.5) is 0 Å². The van der Waals surface area contributed by atoms with E-state index < -0.39 is 35.3 Å². The van der Waals surface area contributed by atoms with E-state index in [-0.39, 0.29) is 42.1 Å². The lowest BCUT2D eigenvalue weighted by atomic mass is 9.77. The molecule has 0 bridgehead atoms. The molecule has 0 saturated carbocycles. The molecule has 2 aromatic rings. The molecule has 1 amide bonds. The first-order valence-corrected chi connectivity index (χ1v) is 12.3. The van der Waals surface area contributed by atoms with Crippen molar-refractivity contribution in [2.24, 2.45) is 11.7 Å². The largest absolute Gasteiger partial charge is 0.481 e. The standard InChI is InChI=1S/C29H33N3O7/c1-5-16-32(29(7-3,28(37)38)23(6-2)26(34)35)25(33)18(4)17-19-8-10-21(11-9-19)27(36)39-22-14-12-20(13-15-22)24(30)31/h5,8-15,17,23H,1,6-7,16H2,2-4H3,(H3,30,31)(H,34,35)(H,37,38)/t23?,29-/m1/s1. The molecule has 0 aliphatic heterocycles. The highest BCUT2D eigenvalue weighted by atomic mass is 16.5. The lowest BCUT2D eigenvalue weighted by molar-refractivity contribution is -0.170. The van der Waals surface area contributed by atoms with Gasteiger partial charge in [-0.2, -0.15) is 0 Å². The lowest BCUT2D eigenvalue weighted by Gasteiger charge is -2.43. The summed E-state index contributed by atoms with van der Waals surface area (Å²) in [5, 5.41) is 27.3. The summed E-state index contributed by atoms with van der Waals surface area (Å²) in [6.07, 6.45) is 2.78. The molecule has 10 nitrogen and oxygen atoms in total. The van der Waals surface area contributed by atoms with Crippen LogP contribution in [0.2, 0.25) is 0 Å². The van der Waals surface area contributed by atoms with Gasteiger partial charge in [-0.05, 0) is 67.8 Å². The normalized spacial score (nSPS) is 13.5. The Morgan fingerprint density at radius 3 is 2.05 bits per heavy atom. The zero-order valence-corrected chi connectivity index (χ0v) is 22.1. The topological polar surface area (TPSA) is 171 Å². The number of carboxylic acids is 2. The SMILES string of the molecule is C=CCN(C(=O)C(C)=Cc1ccc(C(=O)Oc2ccc(C(=N)N)cc2)cc1)[C@@](CC)(C(=O)O)C(CC)C(=O)O. The second-order valence-electron chi connectivity index (χ2n) is 8.86. The highest BCUT2D eigenvalue weighted by Gasteiger charge is 2.53. The van der Waals surface area contributed by atoms with Crippen LogP contribution >= 0.6 is 0 Å². The molecule has 5 N–H and O–H groups in total. The number of nitrogens with zero attached hydrogens (tertiary/aromatic N) is 1. The van der Waals surface area contributed by atoms with Crippen LogP contribution in [0.15, 0.2) is 66.8 Å². The third-order valence-electron chi connectivity index (χ3n) is 6.47. The van der Waals surface area contributed by atoms with Crippen LogP contribution in [-0.2, 0) is 14.4 Å². The zero-order valence-electron chi connectivity index (χ0n) is 22.1. The average molecular weight is 536 g/mol. The van der Waals surface area contributed by atoms with E-state index >= 15 is 0 Å². The molecule has 0 aliphatic carbocycles. The van der Waals surface area contributed by atoms with Crippen LogP contribution in [0.25, 0.3) is 6.08 Å². The van der Waals surface area contributed by atoms with Crippen LogP contribution in [0.5, 0.6) is 5.75 Å². The molecule has 0 heterocycles. The minimum absolute atomic E-state index is 0.0115. The Hall–Kier alpha value is -4.73. The van der Waals surface area contributed by atoms with Crippen molar-refractivity contribution in [3.05, 3.63) is 83.4 Å². The second-order valence-corrected chi connectivity index (χ2v) is 8.86. The van der Waals surface area contributed by atoms with Crippen LogP contribution in [0.3, 0.4) is 0 Å². The number of amidine groups is 1. The van der Waals surface area contributed by atoms with Crippen molar-refractivity contribution in [1.29, 1.82) is 5.41 Å². The Balaban J connectivity index is 2.31. The fourth-order valence-electron chi connectivity index (χ4n) is 4.42. The Morgan fingerprint density at radius 1 is 1.05 bits per heavy atom. The summed E-state index contributed by atoms with van der Waals surface area (Å²) in [4.78, 5) is 51.5. The van der Waals surface area contributed by atoms with Crippen molar-refractivity contribution in [2.75, 3.05) is 6.54 Å². The molecule has 10 heteroatoms. The monoisotopic (exact) mass is 535 g/mol. The number of nitrogen functional groups attached to an aromatic ring is 1. The van der Waals surface area contributed by atoms with Crippen LogP contribution in [0, 0.1) is 11.3 Å². The molecule has 2 atom stereocenters. The summed E-state index contributed by atoms with van der Waals surface area (Å²) in [6, 6.07) is 12.4. The van der Waals surface area contributed by atoms with Gasteiger partial charge < -0.3 is 25.6 Å². The van der Waals surface area contributed by atoms with E-state index in [1.807, 2.05) is 0 Å². The number of carboxylic acid groups (broad SMARTS) is 2. The maximum absolute atomic E-state index is 13.5. The molecule has 2 rings (SSSR count). The molecule has 1 unspecified atom stereocenters. The number of aliphatic carboxylic acids is 2. The van der Waals surface area contributed by atoms with Gasteiger partial charge in [0.05, 0.1) is 11.5 Å². The van der Waals surface area contributed by atoms with Crippen molar-refractivity contribution in [2.45, 2.75) is 39.2 Å². The van der Waals surface area contributed by atoms with Crippen molar-refractivity contribution < 1.29 is 34.1 Å². The Bertz CT molecular complexity index is 1280. The summed E-state index contributed by atoms with van der Waals surface area (Å²) in [5.41, 5.74) is 4.93. The molecule has 0 fully saturated rings. The number of carbonyl (C=O) groups excluding carboxylic acids is 2. The Labute approximate surface area is 226 Å². The first-order chi connectivity index (χ1) is 18.4. The summed E-state index contributed by atoms with van der Waals surface area (Å²) >= 11 is 0. The molecule has 0 spiro atoms. The van der Waals surface area contributed by atoms with Crippen LogP contribution in [0.1, 0.15) is 55.1 Å². The third-order valence-corrected chi connectivity index (χ3v) is 6.47. The highest BCUT2D eigenvalue weighted by molar-refractivity contribution is 6.01. The van der Waals surface area contributed by atoms with Gasteiger partial charge in [-0.3, -0.25) is 15.0 Å². The predicted molar refractivity (Wildman–Crippen MR) is 146 cm³/mol. The minimum atomic E-state index is -1.98. The summed E-state index contributed by atoms with van der Waals surface area (Å²) in [6.45, 7) is 8.08. The van der Waals surface area contributed by atoms with Gasteiger partial charge >= 0.3 is 17.9 Å². The lowest BCUT2D eigenvalue weighted by Crippen LogP contribution is -2.63. The molecular weight excluding hydrogens is 502 g/mol. The molecule has 0 radical (unpaired) electrons. The van der Waals surface area contributed by atoms with E-state index in [0.717, 1.165) is 4.90 Å². The van der Waals surface area contributed by atoms with Gasteiger partial charge in [0.15, 0.2) is 5.54 Å². The Kier molecular flexibility index (Phi) is 10.3. The van der Waals surface area contributed by atoms with E-state index in [2.05, 4.69) is 6.58 Å². The average Bonchev–Trinajstić information content (AvgIpc) is 2.90.